The molecule has 0 atom stereocenters. The van der Waals surface area contributed by atoms with Crippen molar-refractivity contribution in [2.45, 2.75) is 56.5 Å². The number of nitrogens with one attached hydrogen (secondary N) is 1. The van der Waals surface area contributed by atoms with Gasteiger partial charge in [0.25, 0.3) is 0 Å². The first-order valence-electron chi connectivity index (χ1n) is 9.62. The number of nitrogens with two attached hydrogens (primary N) is 1. The second kappa shape index (κ2) is 11.0. The van der Waals surface area contributed by atoms with Crippen LogP contribution in [0.3, 0.4) is 0 Å². The zero-order chi connectivity index (χ0) is 18.6. The summed E-state index contributed by atoms with van der Waals surface area (Å²) < 4.78 is 10.7. The normalized spacial score (nSPS) is 19.0. The molecule has 1 amide bonds. The predicted octanol–water partition coefficient (Wildman–Crippen LogP) is 3.61. The lowest BCUT2D eigenvalue weighted by atomic mass is 9.81. The van der Waals surface area contributed by atoms with Gasteiger partial charge in [-0.3, -0.25) is 4.79 Å². The summed E-state index contributed by atoms with van der Waals surface area (Å²) in [6.07, 6.45) is 6.82. The zero-order valence-corrected chi connectivity index (χ0v) is 18.4. The highest BCUT2D eigenvalue weighted by molar-refractivity contribution is 5.86. The van der Waals surface area contributed by atoms with Gasteiger partial charge in [-0.1, -0.05) is 19.3 Å². The second-order valence-corrected chi connectivity index (χ2v) is 7.53. The van der Waals surface area contributed by atoms with Gasteiger partial charge in [0, 0.05) is 43.0 Å². The first-order chi connectivity index (χ1) is 12.5. The predicted molar refractivity (Wildman–Crippen MR) is 117 cm³/mol. The number of hydrogen-bond donors (Lipinski definition) is 2. The van der Waals surface area contributed by atoms with Crippen LogP contribution in [0.1, 0.15) is 44.9 Å². The Balaban J connectivity index is 0.00000196. The fraction of sp³-hybridized carbons (Fsp3) is 0.650. The van der Waals surface area contributed by atoms with E-state index in [9.17, 15) is 4.79 Å². The van der Waals surface area contributed by atoms with Gasteiger partial charge in [0.05, 0.1) is 19.8 Å². The van der Waals surface area contributed by atoms with Gasteiger partial charge in [0.15, 0.2) is 0 Å². The van der Waals surface area contributed by atoms with Crippen LogP contribution >= 0.6 is 24.8 Å². The molecule has 0 spiro atoms. The summed E-state index contributed by atoms with van der Waals surface area (Å²) in [6.45, 7) is 1.52. The van der Waals surface area contributed by atoms with Gasteiger partial charge in [0.2, 0.25) is 5.91 Å². The van der Waals surface area contributed by atoms with Crippen molar-refractivity contribution < 1.29 is 14.3 Å². The number of halogens is 2. The Labute approximate surface area is 180 Å². The van der Waals surface area contributed by atoms with E-state index in [1.54, 1.807) is 14.2 Å². The topological polar surface area (TPSA) is 76.8 Å². The van der Waals surface area contributed by atoms with Gasteiger partial charge in [-0.25, -0.2) is 0 Å². The minimum absolute atomic E-state index is 0. The zero-order valence-electron chi connectivity index (χ0n) is 16.7. The van der Waals surface area contributed by atoms with Crippen LogP contribution in [0.5, 0.6) is 11.5 Å². The van der Waals surface area contributed by atoms with Crippen LogP contribution in [0.15, 0.2) is 18.2 Å². The maximum absolute atomic E-state index is 12.9. The Kier molecular flexibility index (Phi) is 9.67. The second-order valence-electron chi connectivity index (χ2n) is 7.53. The summed E-state index contributed by atoms with van der Waals surface area (Å²) in [4.78, 5) is 14.8. The summed E-state index contributed by atoms with van der Waals surface area (Å²) in [5.41, 5.74) is 6.77. The molecule has 1 aromatic carbocycles. The molecule has 1 saturated carbocycles. The fourth-order valence-electron chi connectivity index (χ4n) is 4.06. The molecule has 8 heteroatoms. The molecule has 3 rings (SSSR count). The molecule has 0 unspecified atom stereocenters. The number of piperidine rings is 1. The molecule has 1 aromatic rings. The number of rotatable bonds is 5. The molecule has 28 heavy (non-hydrogen) atoms. The first kappa shape index (κ1) is 24.7. The number of carbonyl (C=O) groups excluding carboxylic acids is 1. The van der Waals surface area contributed by atoms with Gasteiger partial charge in [-0.15, -0.1) is 24.8 Å². The quantitative estimate of drug-likeness (QED) is 0.741. The lowest BCUT2D eigenvalue weighted by Gasteiger charge is -2.40. The van der Waals surface area contributed by atoms with Gasteiger partial charge >= 0.3 is 0 Å². The Bertz CT molecular complexity index is 609. The Morgan fingerprint density at radius 1 is 1.04 bits per heavy atom. The van der Waals surface area contributed by atoms with Crippen molar-refractivity contribution in [2.24, 2.45) is 5.73 Å². The standard InChI is InChI=1S/C20H31N3O3.2ClH/c1-25-17-12-16(13-18(14-17)26-2)22-15-6-10-23(11-7-15)19(24)20(21)8-4-3-5-9-20;;/h12-15,22H,3-11,21H2,1-2H3;2*1H. The van der Waals surface area contributed by atoms with Crippen LogP contribution in [0.4, 0.5) is 5.69 Å². The van der Waals surface area contributed by atoms with Crippen LogP contribution in [0, 0.1) is 0 Å². The van der Waals surface area contributed by atoms with Gasteiger partial charge in [-0.05, 0) is 25.7 Å². The number of likely N-dealkylation sites (tertiary alicyclic amines) is 1. The molecular formula is C20H33Cl2N3O3. The summed E-state index contributed by atoms with van der Waals surface area (Å²) in [5, 5.41) is 3.55. The Morgan fingerprint density at radius 2 is 1.57 bits per heavy atom. The molecule has 0 bridgehead atoms. The van der Waals surface area contributed by atoms with E-state index in [2.05, 4.69) is 5.32 Å². The van der Waals surface area contributed by atoms with Gasteiger partial charge < -0.3 is 25.4 Å². The number of anilines is 1. The monoisotopic (exact) mass is 433 g/mol. The Morgan fingerprint density at radius 3 is 2.07 bits per heavy atom. The molecule has 1 heterocycles. The van der Waals surface area contributed by atoms with E-state index in [1.807, 2.05) is 23.1 Å². The highest BCUT2D eigenvalue weighted by Crippen LogP contribution is 2.30. The number of methoxy groups -OCH3 is 2. The first-order valence-corrected chi connectivity index (χ1v) is 9.62. The highest BCUT2D eigenvalue weighted by atomic mass is 35.5. The molecule has 1 aliphatic heterocycles. The fourth-order valence-corrected chi connectivity index (χ4v) is 4.06. The third kappa shape index (κ3) is 5.82. The van der Waals surface area contributed by atoms with Crippen molar-refractivity contribution in [3.8, 4) is 11.5 Å². The summed E-state index contributed by atoms with van der Waals surface area (Å²) in [5.74, 6) is 1.68. The van der Waals surface area contributed by atoms with Crippen molar-refractivity contribution in [1.82, 2.24) is 4.90 Å². The van der Waals surface area contributed by atoms with E-state index in [0.29, 0.717) is 6.04 Å². The molecule has 1 aliphatic carbocycles. The largest absolute Gasteiger partial charge is 0.497 e. The van der Waals surface area contributed by atoms with Crippen LogP contribution in [0.25, 0.3) is 0 Å². The van der Waals surface area contributed by atoms with Crippen molar-refractivity contribution >= 4 is 36.4 Å². The molecule has 0 aromatic heterocycles. The van der Waals surface area contributed by atoms with E-state index in [1.165, 1.54) is 6.42 Å². The molecule has 0 radical (unpaired) electrons. The maximum Gasteiger partial charge on any atom is 0.242 e. The maximum atomic E-state index is 12.9. The average molecular weight is 434 g/mol. The van der Waals surface area contributed by atoms with Gasteiger partial charge in [-0.2, -0.15) is 0 Å². The van der Waals surface area contributed by atoms with Crippen molar-refractivity contribution in [3.05, 3.63) is 18.2 Å². The summed E-state index contributed by atoms with van der Waals surface area (Å²) in [7, 11) is 3.30. The van der Waals surface area contributed by atoms with Crippen LogP contribution in [-0.2, 0) is 4.79 Å². The smallest absolute Gasteiger partial charge is 0.242 e. The number of benzene rings is 1. The third-order valence-corrected chi connectivity index (χ3v) is 5.68. The summed E-state index contributed by atoms with van der Waals surface area (Å²) >= 11 is 0. The van der Waals surface area contributed by atoms with Gasteiger partial charge in [0.1, 0.15) is 11.5 Å². The number of hydrogen-bond acceptors (Lipinski definition) is 5. The molecular weight excluding hydrogens is 401 g/mol. The lowest BCUT2D eigenvalue weighted by Crippen LogP contribution is -2.58. The molecule has 160 valence electrons. The van der Waals surface area contributed by atoms with Crippen LogP contribution < -0.4 is 20.5 Å². The van der Waals surface area contributed by atoms with E-state index >= 15 is 0 Å². The Hall–Kier alpha value is -1.37. The number of ether oxygens (including phenoxy) is 2. The number of nitrogens with zero attached hydrogens (tertiary/aromatic N) is 1. The number of carbonyl (C=O) groups is 1. The molecule has 3 N–H and O–H groups in total. The minimum Gasteiger partial charge on any atom is -0.497 e. The van der Waals surface area contributed by atoms with E-state index < -0.39 is 5.54 Å². The van der Waals surface area contributed by atoms with E-state index in [0.717, 1.165) is 68.8 Å². The highest BCUT2D eigenvalue weighted by Gasteiger charge is 2.39. The lowest BCUT2D eigenvalue weighted by molar-refractivity contribution is -0.139. The van der Waals surface area contributed by atoms with Crippen LogP contribution in [-0.4, -0.2) is 49.7 Å². The van der Waals surface area contributed by atoms with Crippen molar-refractivity contribution in [3.63, 3.8) is 0 Å². The van der Waals surface area contributed by atoms with Crippen molar-refractivity contribution in [2.75, 3.05) is 32.6 Å². The average Bonchev–Trinajstić information content (AvgIpc) is 2.68. The number of amides is 1. The molecule has 1 saturated heterocycles. The minimum atomic E-state index is -0.626. The molecule has 2 fully saturated rings. The SMILES string of the molecule is COc1cc(NC2CCN(C(=O)C3(N)CCCCC3)CC2)cc(OC)c1.Cl.Cl. The van der Waals surface area contributed by atoms with Crippen LogP contribution in [0.2, 0.25) is 0 Å². The molecule has 2 aliphatic rings. The van der Waals surface area contributed by atoms with Crippen molar-refractivity contribution in [1.29, 1.82) is 0 Å². The molecule has 6 nitrogen and oxygen atoms in total. The third-order valence-electron chi connectivity index (χ3n) is 5.68. The van der Waals surface area contributed by atoms with E-state index in [-0.39, 0.29) is 30.7 Å². The summed E-state index contributed by atoms with van der Waals surface area (Å²) in [6, 6.07) is 6.13. The van der Waals surface area contributed by atoms with E-state index in [4.69, 9.17) is 15.2 Å².